The lowest BCUT2D eigenvalue weighted by Gasteiger charge is -2.43. The predicted octanol–water partition coefficient (Wildman–Crippen LogP) is 4.80. The summed E-state index contributed by atoms with van der Waals surface area (Å²) in [6, 6.07) is 18.6. The number of carbonyl (C=O) groups is 1. The van der Waals surface area contributed by atoms with Crippen LogP contribution in [0, 0.1) is 0 Å². The summed E-state index contributed by atoms with van der Waals surface area (Å²) >= 11 is 1.64. The highest BCUT2D eigenvalue weighted by Gasteiger charge is 2.38. The third kappa shape index (κ3) is 2.77. The molecule has 23 heavy (non-hydrogen) atoms. The second kappa shape index (κ2) is 5.82. The fraction of sp³-hybridized carbons (Fsp3) is 0.250. The first kappa shape index (κ1) is 14.5. The topological polar surface area (TPSA) is 29.1 Å². The van der Waals surface area contributed by atoms with E-state index in [4.69, 9.17) is 0 Å². The Hall–Kier alpha value is -2.13. The van der Waals surface area contributed by atoms with Gasteiger partial charge in [0.15, 0.2) is 0 Å². The molecule has 0 aliphatic heterocycles. The molecular weight excluding hydrogens is 302 g/mol. The number of thiophene rings is 1. The maximum Gasteiger partial charge on any atom is 0.253 e. The van der Waals surface area contributed by atoms with Crippen LogP contribution in [0.1, 0.15) is 35.2 Å². The van der Waals surface area contributed by atoms with E-state index in [9.17, 15) is 4.79 Å². The number of carbonyl (C=O) groups excluding carboxylic acids is 1. The lowest BCUT2D eigenvalue weighted by molar-refractivity contribution is 0.0829. The van der Waals surface area contributed by atoms with Gasteiger partial charge in [-0.15, -0.1) is 11.3 Å². The Morgan fingerprint density at radius 3 is 2.52 bits per heavy atom. The lowest BCUT2D eigenvalue weighted by atomic mass is 9.72. The predicted molar refractivity (Wildman–Crippen MR) is 96.0 cm³/mol. The van der Waals surface area contributed by atoms with Crippen LogP contribution in [0.25, 0.3) is 10.1 Å². The van der Waals surface area contributed by atoms with E-state index in [1.165, 1.54) is 16.7 Å². The molecule has 2 aromatic carbocycles. The van der Waals surface area contributed by atoms with Gasteiger partial charge < -0.3 is 5.32 Å². The van der Waals surface area contributed by atoms with Crippen molar-refractivity contribution in [3.8, 4) is 0 Å². The molecule has 0 saturated heterocycles. The van der Waals surface area contributed by atoms with Gasteiger partial charge >= 0.3 is 0 Å². The zero-order chi connectivity index (χ0) is 15.7. The summed E-state index contributed by atoms with van der Waals surface area (Å²) in [5.41, 5.74) is 2.04. The van der Waals surface area contributed by atoms with E-state index in [1.807, 2.05) is 29.6 Å². The van der Waals surface area contributed by atoms with Gasteiger partial charge in [-0.2, -0.15) is 0 Å². The highest BCUT2D eigenvalue weighted by atomic mass is 32.1. The van der Waals surface area contributed by atoms with E-state index < -0.39 is 0 Å². The van der Waals surface area contributed by atoms with Crippen LogP contribution < -0.4 is 5.32 Å². The number of rotatable bonds is 4. The van der Waals surface area contributed by atoms with Gasteiger partial charge in [0, 0.05) is 21.0 Å². The first-order valence-electron chi connectivity index (χ1n) is 8.08. The summed E-state index contributed by atoms with van der Waals surface area (Å²) < 4.78 is 1.17. The Kier molecular flexibility index (Phi) is 3.66. The Morgan fingerprint density at radius 1 is 1.04 bits per heavy atom. The lowest BCUT2D eigenvalue weighted by Crippen LogP contribution is -2.55. The van der Waals surface area contributed by atoms with E-state index in [0.29, 0.717) is 0 Å². The molecule has 1 saturated carbocycles. The molecule has 0 bridgehead atoms. The first-order chi connectivity index (χ1) is 11.3. The normalized spacial score (nSPS) is 16.0. The summed E-state index contributed by atoms with van der Waals surface area (Å²) in [4.78, 5) is 12.8. The van der Waals surface area contributed by atoms with Crippen molar-refractivity contribution < 1.29 is 4.79 Å². The quantitative estimate of drug-likeness (QED) is 0.735. The van der Waals surface area contributed by atoms with Crippen LogP contribution in [0.3, 0.4) is 0 Å². The Labute approximate surface area is 140 Å². The fourth-order valence-corrected chi connectivity index (χ4v) is 4.34. The molecule has 1 aliphatic rings. The molecule has 1 amide bonds. The van der Waals surface area contributed by atoms with E-state index >= 15 is 0 Å². The first-order valence-corrected chi connectivity index (χ1v) is 8.96. The van der Waals surface area contributed by atoms with Crippen LogP contribution >= 0.6 is 11.3 Å². The average Bonchev–Trinajstić information content (AvgIpc) is 2.98. The molecule has 1 fully saturated rings. The largest absolute Gasteiger partial charge is 0.346 e. The number of nitrogens with one attached hydrogen (secondary N) is 1. The Bertz CT molecular complexity index is 833. The van der Waals surface area contributed by atoms with Gasteiger partial charge in [0.2, 0.25) is 0 Å². The van der Waals surface area contributed by atoms with Crippen LogP contribution in [0.2, 0.25) is 0 Å². The molecule has 0 unspecified atom stereocenters. The van der Waals surface area contributed by atoms with Crippen LogP contribution in [-0.4, -0.2) is 11.4 Å². The van der Waals surface area contributed by atoms with Gasteiger partial charge in [-0.1, -0.05) is 48.5 Å². The zero-order valence-electron chi connectivity index (χ0n) is 12.9. The zero-order valence-corrected chi connectivity index (χ0v) is 13.7. The Balaban J connectivity index is 1.57. The minimum Gasteiger partial charge on any atom is -0.346 e. The summed E-state index contributed by atoms with van der Waals surface area (Å²) in [6.07, 6.45) is 4.24. The molecule has 1 aromatic heterocycles. The van der Waals surface area contributed by atoms with E-state index in [2.05, 4.69) is 35.6 Å². The van der Waals surface area contributed by atoms with Crippen LogP contribution in [0.15, 0.2) is 60.0 Å². The van der Waals surface area contributed by atoms with Crippen LogP contribution in [0.5, 0.6) is 0 Å². The van der Waals surface area contributed by atoms with E-state index in [1.54, 1.807) is 11.3 Å². The third-order valence-electron chi connectivity index (χ3n) is 4.80. The standard InChI is InChI=1S/C20H19NOS/c22-19(17-14-23-18-10-5-4-9-16(17)18)21-20(11-6-12-20)13-15-7-2-1-3-8-15/h1-5,7-10,14H,6,11-13H2,(H,21,22). The van der Waals surface area contributed by atoms with Crippen molar-refractivity contribution in [3.05, 3.63) is 71.1 Å². The molecule has 2 nitrogen and oxygen atoms in total. The second-order valence-corrected chi connectivity index (χ2v) is 7.31. The molecule has 116 valence electrons. The van der Waals surface area contributed by atoms with Crippen molar-refractivity contribution in [1.82, 2.24) is 5.32 Å². The molecule has 1 N–H and O–H groups in total. The number of amides is 1. The number of benzene rings is 2. The third-order valence-corrected chi connectivity index (χ3v) is 5.76. The summed E-state index contributed by atoms with van der Waals surface area (Å²) in [6.45, 7) is 0. The maximum atomic E-state index is 12.8. The number of hydrogen-bond donors (Lipinski definition) is 1. The van der Waals surface area contributed by atoms with Crippen molar-refractivity contribution in [3.63, 3.8) is 0 Å². The van der Waals surface area contributed by atoms with Crippen molar-refractivity contribution in [2.24, 2.45) is 0 Å². The summed E-state index contributed by atoms with van der Waals surface area (Å²) in [5, 5.41) is 6.38. The second-order valence-electron chi connectivity index (χ2n) is 6.40. The highest BCUT2D eigenvalue weighted by Crippen LogP contribution is 2.36. The van der Waals surface area contributed by atoms with E-state index in [0.717, 1.165) is 30.2 Å². The minimum absolute atomic E-state index is 0.0677. The van der Waals surface area contributed by atoms with Gasteiger partial charge in [-0.3, -0.25) is 4.79 Å². The van der Waals surface area contributed by atoms with Crippen molar-refractivity contribution in [2.75, 3.05) is 0 Å². The molecule has 3 heteroatoms. The molecule has 1 aliphatic carbocycles. The van der Waals surface area contributed by atoms with Gasteiger partial charge in [-0.05, 0) is 37.3 Å². The summed E-state index contributed by atoms with van der Waals surface area (Å²) in [7, 11) is 0. The van der Waals surface area contributed by atoms with Gasteiger partial charge in [-0.25, -0.2) is 0 Å². The van der Waals surface area contributed by atoms with E-state index in [-0.39, 0.29) is 11.4 Å². The van der Waals surface area contributed by atoms with Crippen LogP contribution in [-0.2, 0) is 6.42 Å². The summed E-state index contributed by atoms with van der Waals surface area (Å²) in [5.74, 6) is 0.0677. The minimum atomic E-state index is -0.0680. The monoisotopic (exact) mass is 321 g/mol. The SMILES string of the molecule is O=C(NC1(Cc2ccccc2)CCC1)c1csc2ccccc12. The molecule has 1 heterocycles. The molecule has 0 radical (unpaired) electrons. The fourth-order valence-electron chi connectivity index (χ4n) is 3.40. The van der Waals surface area contributed by atoms with Crippen molar-refractivity contribution in [1.29, 1.82) is 0 Å². The molecule has 0 spiro atoms. The maximum absolute atomic E-state index is 12.8. The number of hydrogen-bond acceptors (Lipinski definition) is 2. The molecule has 3 aromatic rings. The van der Waals surface area contributed by atoms with Gasteiger partial charge in [0.05, 0.1) is 5.56 Å². The average molecular weight is 321 g/mol. The molecule has 4 rings (SSSR count). The smallest absolute Gasteiger partial charge is 0.253 e. The van der Waals surface area contributed by atoms with Crippen molar-refractivity contribution in [2.45, 2.75) is 31.2 Å². The Morgan fingerprint density at radius 2 is 1.78 bits per heavy atom. The highest BCUT2D eigenvalue weighted by molar-refractivity contribution is 7.17. The molecular formula is C20H19NOS. The number of fused-ring (bicyclic) bond motifs is 1. The van der Waals surface area contributed by atoms with Crippen molar-refractivity contribution >= 4 is 27.3 Å². The molecule has 0 atom stereocenters. The van der Waals surface area contributed by atoms with Gasteiger partial charge in [0.1, 0.15) is 0 Å². The van der Waals surface area contributed by atoms with Crippen LogP contribution in [0.4, 0.5) is 0 Å². The van der Waals surface area contributed by atoms with Gasteiger partial charge in [0.25, 0.3) is 5.91 Å².